The molecule has 3 aromatic rings. The molecule has 0 saturated carbocycles. The van der Waals surface area contributed by atoms with E-state index in [1.165, 1.54) is 18.0 Å². The molecule has 2 atom stereocenters. The van der Waals surface area contributed by atoms with Crippen LogP contribution in [-0.4, -0.2) is 27.8 Å². The van der Waals surface area contributed by atoms with Crippen molar-refractivity contribution in [2.45, 2.75) is 35.3 Å². The van der Waals surface area contributed by atoms with Crippen LogP contribution in [0.15, 0.2) is 58.3 Å². The second-order valence-electron chi connectivity index (χ2n) is 7.50. The first-order valence-electron chi connectivity index (χ1n) is 9.70. The Morgan fingerprint density at radius 3 is 2.80 bits per heavy atom. The number of aliphatic hydroxyl groups is 1. The number of nitrogens with zero attached hydrogens (tertiary/aromatic N) is 1. The van der Waals surface area contributed by atoms with Gasteiger partial charge in [-0.2, -0.15) is 0 Å². The van der Waals surface area contributed by atoms with E-state index in [1.807, 2.05) is 61.0 Å². The highest BCUT2D eigenvalue weighted by atomic mass is 32.2. The van der Waals surface area contributed by atoms with Gasteiger partial charge >= 0.3 is 0 Å². The molecule has 5 N–H and O–H groups in total. The molecule has 0 saturated heterocycles. The zero-order valence-electron chi connectivity index (χ0n) is 16.8. The van der Waals surface area contributed by atoms with Gasteiger partial charge in [-0.15, -0.1) is 0 Å². The van der Waals surface area contributed by atoms with Crippen molar-refractivity contribution < 1.29 is 9.90 Å². The molecule has 0 radical (unpaired) electrons. The van der Waals surface area contributed by atoms with Crippen LogP contribution in [0.4, 0.5) is 5.69 Å². The molecule has 1 aliphatic carbocycles. The van der Waals surface area contributed by atoms with E-state index in [1.54, 1.807) is 6.07 Å². The molecule has 1 amide bonds. The number of amides is 1. The Balaban J connectivity index is 1.53. The molecule has 0 fully saturated rings. The first-order chi connectivity index (χ1) is 14.4. The summed E-state index contributed by atoms with van der Waals surface area (Å²) in [5.74, 6) is -0.207. The lowest BCUT2D eigenvalue weighted by Crippen LogP contribution is -2.38. The predicted molar refractivity (Wildman–Crippen MR) is 119 cm³/mol. The Bertz CT molecular complexity index is 1140. The Morgan fingerprint density at radius 1 is 1.30 bits per heavy atom. The number of rotatable bonds is 5. The van der Waals surface area contributed by atoms with Crippen molar-refractivity contribution in [3.8, 4) is 0 Å². The van der Waals surface area contributed by atoms with Crippen LogP contribution in [0.2, 0.25) is 0 Å². The van der Waals surface area contributed by atoms with Gasteiger partial charge in [-0.1, -0.05) is 36.0 Å². The van der Waals surface area contributed by atoms with Gasteiger partial charge in [0, 0.05) is 40.0 Å². The van der Waals surface area contributed by atoms with Crippen molar-refractivity contribution in [2.75, 3.05) is 5.73 Å². The van der Waals surface area contributed by atoms with Gasteiger partial charge in [0.25, 0.3) is 5.91 Å². The molecule has 0 aliphatic heterocycles. The number of carbonyl (C=O) groups excluding carboxylic acids is 1. The largest absolute Gasteiger partial charge is 0.398 e. The summed E-state index contributed by atoms with van der Waals surface area (Å²) in [6, 6.07) is 14.8. The van der Waals surface area contributed by atoms with Gasteiger partial charge in [-0.25, -0.2) is 0 Å². The van der Waals surface area contributed by atoms with Crippen LogP contribution in [0.25, 0.3) is 0 Å². The number of aromatic nitrogens is 1. The van der Waals surface area contributed by atoms with Gasteiger partial charge in [0.05, 0.1) is 12.1 Å². The van der Waals surface area contributed by atoms with Crippen LogP contribution in [0, 0.1) is 12.3 Å². The highest BCUT2D eigenvalue weighted by Gasteiger charge is 2.32. The van der Waals surface area contributed by atoms with Gasteiger partial charge in [-0.3, -0.25) is 4.79 Å². The second-order valence-corrected chi connectivity index (χ2v) is 8.62. The van der Waals surface area contributed by atoms with Crippen molar-refractivity contribution in [1.29, 1.82) is 5.41 Å². The summed E-state index contributed by atoms with van der Waals surface area (Å²) in [4.78, 5) is 14.9. The van der Waals surface area contributed by atoms with E-state index in [0.717, 1.165) is 26.6 Å². The van der Waals surface area contributed by atoms with Gasteiger partial charge in [0.15, 0.2) is 0 Å². The summed E-state index contributed by atoms with van der Waals surface area (Å²) >= 11 is 1.53. The SMILES string of the molecule is Cc1c(Sc2ccc(N)c(C=N)c2)cc(C(=O)NC2Cc3ccccc3C2O)n1C. The highest BCUT2D eigenvalue weighted by Crippen LogP contribution is 2.34. The fraction of sp³-hybridized carbons (Fsp3) is 0.217. The predicted octanol–water partition coefficient (Wildman–Crippen LogP) is 3.45. The minimum atomic E-state index is -0.699. The summed E-state index contributed by atoms with van der Waals surface area (Å²) < 4.78 is 1.86. The van der Waals surface area contributed by atoms with E-state index in [0.29, 0.717) is 23.4 Å². The number of hydrogen-bond acceptors (Lipinski definition) is 5. The monoisotopic (exact) mass is 420 g/mol. The number of nitrogen functional groups attached to an aromatic ring is 1. The van der Waals surface area contributed by atoms with E-state index < -0.39 is 6.10 Å². The van der Waals surface area contributed by atoms with Crippen molar-refractivity contribution in [1.82, 2.24) is 9.88 Å². The van der Waals surface area contributed by atoms with Crippen LogP contribution in [0.3, 0.4) is 0 Å². The van der Waals surface area contributed by atoms with Gasteiger partial charge < -0.3 is 26.1 Å². The molecule has 4 rings (SSSR count). The summed E-state index contributed by atoms with van der Waals surface area (Å²) in [6.45, 7) is 1.97. The average Bonchev–Trinajstić information content (AvgIpc) is 3.21. The molecular weight excluding hydrogens is 396 g/mol. The summed E-state index contributed by atoms with van der Waals surface area (Å²) in [5.41, 5.74) is 10.6. The van der Waals surface area contributed by atoms with E-state index >= 15 is 0 Å². The molecule has 0 bridgehead atoms. The van der Waals surface area contributed by atoms with Crippen molar-refractivity contribution >= 4 is 29.6 Å². The minimum absolute atomic E-state index is 0.207. The maximum Gasteiger partial charge on any atom is 0.268 e. The number of aliphatic hydroxyl groups excluding tert-OH is 1. The fourth-order valence-electron chi connectivity index (χ4n) is 3.81. The molecule has 2 aromatic carbocycles. The number of carbonyl (C=O) groups is 1. The number of nitrogens with one attached hydrogen (secondary N) is 2. The van der Waals surface area contributed by atoms with E-state index in [4.69, 9.17) is 11.1 Å². The van der Waals surface area contributed by atoms with Crippen LogP contribution in [-0.2, 0) is 13.5 Å². The maximum atomic E-state index is 13.0. The van der Waals surface area contributed by atoms with E-state index in [-0.39, 0.29) is 11.9 Å². The molecule has 6 nitrogen and oxygen atoms in total. The van der Waals surface area contributed by atoms with Crippen LogP contribution >= 0.6 is 11.8 Å². The normalized spacial score (nSPS) is 17.6. The van der Waals surface area contributed by atoms with Gasteiger partial charge in [-0.05, 0) is 48.7 Å². The first kappa shape index (κ1) is 20.3. The van der Waals surface area contributed by atoms with Crippen molar-refractivity contribution in [2.24, 2.45) is 7.05 Å². The quantitative estimate of drug-likeness (QED) is 0.375. The lowest BCUT2D eigenvalue weighted by atomic mass is 10.1. The molecule has 7 heteroatoms. The maximum absolute atomic E-state index is 13.0. The number of anilines is 1. The van der Waals surface area contributed by atoms with E-state index in [9.17, 15) is 9.90 Å². The molecule has 1 aliphatic rings. The number of hydrogen-bond donors (Lipinski definition) is 4. The zero-order chi connectivity index (χ0) is 21.4. The fourth-order valence-corrected chi connectivity index (χ4v) is 4.84. The molecule has 30 heavy (non-hydrogen) atoms. The van der Waals surface area contributed by atoms with Gasteiger partial charge in [0.1, 0.15) is 5.69 Å². The molecule has 1 aromatic heterocycles. The molecule has 1 heterocycles. The third-order valence-electron chi connectivity index (χ3n) is 5.67. The lowest BCUT2D eigenvalue weighted by molar-refractivity contribution is 0.0850. The Morgan fingerprint density at radius 2 is 2.07 bits per heavy atom. The van der Waals surface area contributed by atoms with Crippen LogP contribution < -0.4 is 11.1 Å². The Labute approximate surface area is 179 Å². The number of fused-ring (bicyclic) bond motifs is 1. The van der Waals surface area contributed by atoms with Crippen molar-refractivity contribution in [3.63, 3.8) is 0 Å². The van der Waals surface area contributed by atoms with Crippen molar-refractivity contribution in [3.05, 3.63) is 76.6 Å². The van der Waals surface area contributed by atoms with Crippen LogP contribution in [0.5, 0.6) is 0 Å². The number of benzene rings is 2. The summed E-state index contributed by atoms with van der Waals surface area (Å²) in [5, 5.41) is 21.1. The topological polar surface area (TPSA) is 104 Å². The molecule has 154 valence electrons. The third-order valence-corrected chi connectivity index (χ3v) is 6.80. The van der Waals surface area contributed by atoms with Gasteiger partial charge in [0.2, 0.25) is 0 Å². The summed E-state index contributed by atoms with van der Waals surface area (Å²) in [6.07, 6.45) is 1.15. The average molecular weight is 421 g/mol. The number of nitrogens with two attached hydrogens (primary N) is 1. The third kappa shape index (κ3) is 3.62. The first-order valence-corrected chi connectivity index (χ1v) is 10.5. The van der Waals surface area contributed by atoms with Crippen LogP contribution in [0.1, 0.15) is 39.0 Å². The Hall–Kier alpha value is -3.03. The molecule has 0 spiro atoms. The van der Waals surface area contributed by atoms with E-state index in [2.05, 4.69) is 5.32 Å². The molecule has 2 unspecified atom stereocenters. The lowest BCUT2D eigenvalue weighted by Gasteiger charge is -2.17. The second kappa shape index (κ2) is 8.01. The summed E-state index contributed by atoms with van der Waals surface area (Å²) in [7, 11) is 1.86. The Kier molecular flexibility index (Phi) is 5.40. The smallest absolute Gasteiger partial charge is 0.268 e. The zero-order valence-corrected chi connectivity index (χ0v) is 17.7. The highest BCUT2D eigenvalue weighted by molar-refractivity contribution is 7.99. The molecular formula is C23H24N4O2S. The standard InChI is InChI=1S/C23H24N4O2S/c1-13-21(30-16-7-8-18(25)15(9-16)12-24)11-20(27(13)2)23(29)26-19-10-14-5-3-4-6-17(14)22(19)28/h3-9,11-12,19,22,24,28H,10,25H2,1-2H3,(H,26,29). The minimum Gasteiger partial charge on any atom is -0.398 e.